The number of aromatic nitrogens is 3. The summed E-state index contributed by atoms with van der Waals surface area (Å²) in [6.45, 7) is 0.208. The second kappa shape index (κ2) is 6.41. The second-order valence-corrected chi connectivity index (χ2v) is 5.89. The molecule has 0 aliphatic carbocycles. The van der Waals surface area contributed by atoms with Gasteiger partial charge in [-0.3, -0.25) is 4.79 Å². The number of anilines is 1. The lowest BCUT2D eigenvalue weighted by Crippen LogP contribution is -2.21. The Morgan fingerprint density at radius 1 is 1.28 bits per heavy atom. The molecule has 0 spiro atoms. The largest absolute Gasteiger partial charge is 0.488 e. The predicted octanol–water partition coefficient (Wildman–Crippen LogP) is 3.34. The molecule has 0 saturated heterocycles. The number of ether oxygens (including phenoxy) is 1. The molecule has 124 valence electrons. The van der Waals surface area contributed by atoms with E-state index in [1.54, 1.807) is 59.7 Å². The molecule has 1 aliphatic heterocycles. The zero-order valence-corrected chi connectivity index (χ0v) is 13.8. The number of hydrogen-bond donors (Lipinski definition) is 1. The first-order chi connectivity index (χ1) is 12.2. The fraction of sp³-hybridized carbons (Fsp3) is 0.0556. The molecule has 0 atom stereocenters. The summed E-state index contributed by atoms with van der Waals surface area (Å²) in [6.07, 6.45) is 6.85. The van der Waals surface area contributed by atoms with Crippen LogP contribution in [0, 0.1) is 0 Å². The number of pyridine rings is 1. The van der Waals surface area contributed by atoms with E-state index in [4.69, 9.17) is 16.3 Å². The van der Waals surface area contributed by atoms with Gasteiger partial charge in [-0.25, -0.2) is 9.67 Å². The van der Waals surface area contributed by atoms with Gasteiger partial charge in [-0.15, -0.1) is 0 Å². The van der Waals surface area contributed by atoms with Gasteiger partial charge in [0.1, 0.15) is 12.4 Å². The van der Waals surface area contributed by atoms with Crippen molar-refractivity contribution in [3.05, 3.63) is 71.1 Å². The van der Waals surface area contributed by atoms with E-state index in [-0.39, 0.29) is 12.5 Å². The van der Waals surface area contributed by atoms with Crippen LogP contribution in [0.15, 0.2) is 60.6 Å². The highest BCUT2D eigenvalue weighted by atomic mass is 35.5. The van der Waals surface area contributed by atoms with Crippen molar-refractivity contribution in [1.82, 2.24) is 14.8 Å². The Balaban J connectivity index is 1.50. The number of rotatable bonds is 3. The maximum atomic E-state index is 12.4. The maximum Gasteiger partial charge on any atom is 0.255 e. The number of carbonyl (C=O) groups excluding carboxylic acids is 1. The lowest BCUT2D eigenvalue weighted by molar-refractivity contribution is -0.113. The number of carbonyl (C=O) groups is 1. The van der Waals surface area contributed by atoms with Gasteiger partial charge in [-0.2, -0.15) is 5.10 Å². The first kappa shape index (κ1) is 15.4. The molecular formula is C18H13ClN4O2. The molecule has 6 nitrogen and oxygen atoms in total. The van der Waals surface area contributed by atoms with E-state index in [0.29, 0.717) is 27.9 Å². The standard InChI is InChI=1S/C18H13ClN4O2/c19-14-2-4-16-12(9-14)8-13(11-25-16)18(24)22-15-3-5-17(20-10-15)23-7-1-6-21-23/h1-10H,11H2,(H,22,24). The van der Waals surface area contributed by atoms with Gasteiger partial charge in [0, 0.05) is 23.0 Å². The van der Waals surface area contributed by atoms with E-state index in [1.807, 2.05) is 6.07 Å². The van der Waals surface area contributed by atoms with E-state index in [9.17, 15) is 4.79 Å². The highest BCUT2D eigenvalue weighted by Gasteiger charge is 2.17. The van der Waals surface area contributed by atoms with Crippen molar-refractivity contribution in [2.75, 3.05) is 11.9 Å². The molecule has 1 aliphatic rings. The van der Waals surface area contributed by atoms with E-state index in [0.717, 1.165) is 5.56 Å². The van der Waals surface area contributed by atoms with Gasteiger partial charge >= 0.3 is 0 Å². The molecule has 0 radical (unpaired) electrons. The third-order valence-corrected chi connectivity index (χ3v) is 3.96. The Bertz CT molecular complexity index is 950. The van der Waals surface area contributed by atoms with Crippen LogP contribution in [0.1, 0.15) is 5.56 Å². The summed E-state index contributed by atoms with van der Waals surface area (Å²) in [5.41, 5.74) is 1.90. The molecule has 3 heterocycles. The number of amides is 1. The van der Waals surface area contributed by atoms with Gasteiger partial charge in [0.05, 0.1) is 17.5 Å². The van der Waals surface area contributed by atoms with Crippen molar-refractivity contribution in [3.63, 3.8) is 0 Å². The lowest BCUT2D eigenvalue weighted by atomic mass is 10.1. The van der Waals surface area contributed by atoms with Gasteiger partial charge in [0.2, 0.25) is 0 Å². The molecule has 0 unspecified atom stereocenters. The number of nitrogens with one attached hydrogen (secondary N) is 1. The second-order valence-electron chi connectivity index (χ2n) is 5.45. The van der Waals surface area contributed by atoms with Crippen LogP contribution in [0.3, 0.4) is 0 Å². The number of halogens is 1. The van der Waals surface area contributed by atoms with Gasteiger partial charge in [-0.05, 0) is 42.5 Å². The SMILES string of the molecule is O=C(Nc1ccc(-n2cccn2)nc1)C1=Cc2cc(Cl)ccc2OC1. The smallest absolute Gasteiger partial charge is 0.255 e. The topological polar surface area (TPSA) is 69.0 Å². The molecule has 1 amide bonds. The molecule has 3 aromatic rings. The predicted molar refractivity (Wildman–Crippen MR) is 94.9 cm³/mol. The summed E-state index contributed by atoms with van der Waals surface area (Å²) < 4.78 is 7.25. The van der Waals surface area contributed by atoms with Crippen molar-refractivity contribution in [2.24, 2.45) is 0 Å². The summed E-state index contributed by atoms with van der Waals surface area (Å²) in [5, 5.41) is 7.52. The van der Waals surface area contributed by atoms with Gasteiger partial charge < -0.3 is 10.1 Å². The number of benzene rings is 1. The molecular weight excluding hydrogens is 340 g/mol. The fourth-order valence-corrected chi connectivity index (χ4v) is 2.67. The molecule has 0 fully saturated rings. The molecule has 1 N–H and O–H groups in total. The van der Waals surface area contributed by atoms with Crippen molar-refractivity contribution in [2.45, 2.75) is 0 Å². The quantitative estimate of drug-likeness (QED) is 0.785. The van der Waals surface area contributed by atoms with E-state index >= 15 is 0 Å². The van der Waals surface area contributed by atoms with Gasteiger partial charge in [0.25, 0.3) is 5.91 Å². The van der Waals surface area contributed by atoms with E-state index in [2.05, 4.69) is 15.4 Å². The van der Waals surface area contributed by atoms with E-state index in [1.165, 1.54) is 0 Å². The maximum absolute atomic E-state index is 12.4. The van der Waals surface area contributed by atoms with Crippen LogP contribution in [0.4, 0.5) is 5.69 Å². The van der Waals surface area contributed by atoms with Crippen molar-refractivity contribution in [3.8, 4) is 11.6 Å². The Labute approximate surface area is 148 Å². The molecule has 25 heavy (non-hydrogen) atoms. The minimum Gasteiger partial charge on any atom is -0.488 e. The van der Waals surface area contributed by atoms with Crippen molar-refractivity contribution >= 4 is 29.3 Å². The molecule has 7 heteroatoms. The summed E-state index contributed by atoms with van der Waals surface area (Å²) >= 11 is 5.99. The lowest BCUT2D eigenvalue weighted by Gasteiger charge is -2.17. The number of nitrogens with zero attached hydrogens (tertiary/aromatic N) is 3. The monoisotopic (exact) mass is 352 g/mol. The first-order valence-corrected chi connectivity index (χ1v) is 7.97. The summed E-state index contributed by atoms with van der Waals surface area (Å²) in [4.78, 5) is 16.7. The molecule has 0 bridgehead atoms. The van der Waals surface area contributed by atoms with Crippen LogP contribution < -0.4 is 10.1 Å². The minimum absolute atomic E-state index is 0.208. The Morgan fingerprint density at radius 2 is 2.20 bits per heavy atom. The van der Waals surface area contributed by atoms with Crippen LogP contribution in [-0.4, -0.2) is 27.3 Å². The highest BCUT2D eigenvalue weighted by molar-refractivity contribution is 6.30. The zero-order chi connectivity index (χ0) is 17.2. The third kappa shape index (κ3) is 3.25. The number of hydrogen-bond acceptors (Lipinski definition) is 4. The van der Waals surface area contributed by atoms with Crippen LogP contribution >= 0.6 is 11.6 Å². The Kier molecular flexibility index (Phi) is 3.95. The van der Waals surface area contributed by atoms with E-state index < -0.39 is 0 Å². The van der Waals surface area contributed by atoms with Gasteiger partial charge in [0.15, 0.2) is 5.82 Å². The number of fused-ring (bicyclic) bond motifs is 1. The highest BCUT2D eigenvalue weighted by Crippen LogP contribution is 2.29. The molecule has 1 aromatic carbocycles. The fourth-order valence-electron chi connectivity index (χ4n) is 2.49. The summed E-state index contributed by atoms with van der Waals surface area (Å²) in [5.74, 6) is 1.15. The molecule has 0 saturated carbocycles. The third-order valence-electron chi connectivity index (χ3n) is 3.72. The Morgan fingerprint density at radius 3 is 2.96 bits per heavy atom. The molecule has 4 rings (SSSR count). The Hall–Kier alpha value is -3.12. The van der Waals surface area contributed by atoms with Crippen LogP contribution in [0.2, 0.25) is 5.02 Å². The van der Waals surface area contributed by atoms with Crippen molar-refractivity contribution in [1.29, 1.82) is 0 Å². The van der Waals surface area contributed by atoms with Gasteiger partial charge in [-0.1, -0.05) is 11.6 Å². The first-order valence-electron chi connectivity index (χ1n) is 7.59. The average Bonchev–Trinajstić information content (AvgIpc) is 3.16. The van der Waals surface area contributed by atoms with Crippen LogP contribution in [0.25, 0.3) is 11.9 Å². The zero-order valence-electron chi connectivity index (χ0n) is 13.0. The van der Waals surface area contributed by atoms with Crippen molar-refractivity contribution < 1.29 is 9.53 Å². The summed E-state index contributed by atoms with van der Waals surface area (Å²) in [6, 6.07) is 10.7. The van der Waals surface area contributed by atoms with Crippen LogP contribution in [0.5, 0.6) is 5.75 Å². The van der Waals surface area contributed by atoms with Crippen LogP contribution in [-0.2, 0) is 4.79 Å². The average molecular weight is 353 g/mol. The minimum atomic E-state index is -0.237. The molecule has 2 aromatic heterocycles. The summed E-state index contributed by atoms with van der Waals surface area (Å²) in [7, 11) is 0. The normalized spacial score (nSPS) is 12.8.